The first kappa shape index (κ1) is 28.1. The fraction of sp³-hybridized carbons (Fsp3) is 0.370. The van der Waals surface area contributed by atoms with Gasteiger partial charge in [0.15, 0.2) is 5.13 Å². The molecular formula is C27H28ClF3N4O2S. The molecule has 1 saturated carbocycles. The van der Waals surface area contributed by atoms with Crippen LogP contribution in [0, 0.1) is 6.92 Å². The second-order valence-electron chi connectivity index (χ2n) is 9.64. The number of hydrogen-bond acceptors (Lipinski definition) is 5. The molecule has 1 aromatic heterocycles. The van der Waals surface area contributed by atoms with Gasteiger partial charge in [-0.2, -0.15) is 13.2 Å². The van der Waals surface area contributed by atoms with Crippen LogP contribution in [-0.4, -0.2) is 22.8 Å². The van der Waals surface area contributed by atoms with Crippen LogP contribution in [0.4, 0.5) is 18.3 Å². The lowest BCUT2D eigenvalue weighted by Crippen LogP contribution is -2.44. The quantitative estimate of drug-likeness (QED) is 0.314. The number of amides is 2. The molecule has 2 atom stereocenters. The van der Waals surface area contributed by atoms with Crippen molar-refractivity contribution < 1.29 is 22.8 Å². The first-order valence-electron chi connectivity index (χ1n) is 12.1. The van der Waals surface area contributed by atoms with Crippen LogP contribution in [0.25, 0.3) is 0 Å². The highest BCUT2D eigenvalue weighted by Crippen LogP contribution is 2.43. The highest BCUT2D eigenvalue weighted by Gasteiger charge is 2.48. The maximum Gasteiger partial charge on any atom is 0.416 e. The molecule has 3 aromatic rings. The molecule has 202 valence electrons. The Bertz CT molecular complexity index is 1310. The minimum absolute atomic E-state index is 0.0122. The predicted octanol–water partition coefficient (Wildman–Crippen LogP) is 5.98. The lowest BCUT2D eigenvalue weighted by atomic mass is 9.81. The molecule has 0 radical (unpaired) electrons. The molecule has 38 heavy (non-hydrogen) atoms. The SMILES string of the molecule is CC(=O)Nc1nc(C2(C(=O)NCc3cc(C)cc(C(F)(F)F)c3)CCC(NCc3ccc(Cl)cc3)C2)cs1. The van der Waals surface area contributed by atoms with E-state index in [1.54, 1.807) is 18.4 Å². The topological polar surface area (TPSA) is 83.1 Å². The zero-order valence-corrected chi connectivity index (χ0v) is 22.5. The van der Waals surface area contributed by atoms with E-state index in [0.717, 1.165) is 17.7 Å². The Labute approximate surface area is 228 Å². The Balaban J connectivity index is 1.53. The van der Waals surface area contributed by atoms with Gasteiger partial charge in [-0.25, -0.2) is 4.98 Å². The van der Waals surface area contributed by atoms with E-state index < -0.39 is 17.2 Å². The molecule has 11 heteroatoms. The van der Waals surface area contributed by atoms with Gasteiger partial charge in [0.25, 0.3) is 0 Å². The summed E-state index contributed by atoms with van der Waals surface area (Å²) >= 11 is 7.21. The monoisotopic (exact) mass is 564 g/mol. The van der Waals surface area contributed by atoms with Crippen molar-refractivity contribution in [3.63, 3.8) is 0 Å². The zero-order valence-electron chi connectivity index (χ0n) is 20.9. The summed E-state index contributed by atoms with van der Waals surface area (Å²) in [5.74, 6) is -0.568. The van der Waals surface area contributed by atoms with Gasteiger partial charge in [0.1, 0.15) is 0 Å². The van der Waals surface area contributed by atoms with Crippen molar-refractivity contribution in [1.82, 2.24) is 15.6 Å². The van der Waals surface area contributed by atoms with Crippen molar-refractivity contribution in [3.05, 3.63) is 80.8 Å². The molecule has 6 nitrogen and oxygen atoms in total. The number of rotatable bonds is 8. The number of aromatic nitrogens is 1. The lowest BCUT2D eigenvalue weighted by Gasteiger charge is -2.27. The van der Waals surface area contributed by atoms with Crippen LogP contribution < -0.4 is 16.0 Å². The van der Waals surface area contributed by atoms with Gasteiger partial charge in [0.2, 0.25) is 11.8 Å². The number of nitrogens with zero attached hydrogens (tertiary/aromatic N) is 1. The molecule has 0 saturated heterocycles. The fourth-order valence-electron chi connectivity index (χ4n) is 4.82. The summed E-state index contributed by atoms with van der Waals surface area (Å²) in [5.41, 5.74) is 0.696. The first-order valence-corrected chi connectivity index (χ1v) is 13.4. The number of thiazole rings is 1. The number of alkyl halides is 3. The molecule has 4 rings (SSSR count). The van der Waals surface area contributed by atoms with Gasteiger partial charge in [-0.3, -0.25) is 9.59 Å². The van der Waals surface area contributed by atoms with Gasteiger partial charge >= 0.3 is 6.18 Å². The third-order valence-corrected chi connectivity index (χ3v) is 7.66. The van der Waals surface area contributed by atoms with Crippen LogP contribution in [0.5, 0.6) is 0 Å². The maximum atomic E-state index is 13.7. The van der Waals surface area contributed by atoms with Gasteiger partial charge in [-0.15, -0.1) is 11.3 Å². The number of nitrogens with one attached hydrogen (secondary N) is 3. The second kappa shape index (κ2) is 11.4. The van der Waals surface area contributed by atoms with E-state index in [9.17, 15) is 22.8 Å². The molecule has 2 aromatic carbocycles. The molecule has 0 spiro atoms. The van der Waals surface area contributed by atoms with E-state index in [1.165, 1.54) is 18.3 Å². The van der Waals surface area contributed by atoms with E-state index in [-0.39, 0.29) is 24.4 Å². The largest absolute Gasteiger partial charge is 0.416 e. The Morgan fingerprint density at radius 2 is 1.87 bits per heavy atom. The van der Waals surface area contributed by atoms with E-state index in [2.05, 4.69) is 20.9 Å². The number of carbonyl (C=O) groups excluding carboxylic acids is 2. The van der Waals surface area contributed by atoms with E-state index in [1.807, 2.05) is 24.3 Å². The van der Waals surface area contributed by atoms with Crippen LogP contribution in [0.15, 0.2) is 47.8 Å². The summed E-state index contributed by atoms with van der Waals surface area (Å²) in [6.45, 7) is 3.52. The molecule has 0 bridgehead atoms. The second-order valence-corrected chi connectivity index (χ2v) is 10.9. The van der Waals surface area contributed by atoms with Crippen LogP contribution in [0.3, 0.4) is 0 Å². The normalized spacial score (nSPS) is 19.4. The molecule has 1 fully saturated rings. The van der Waals surface area contributed by atoms with Gasteiger partial charge in [-0.05, 0) is 61.6 Å². The van der Waals surface area contributed by atoms with E-state index in [0.29, 0.717) is 52.8 Å². The number of anilines is 1. The number of hydrogen-bond donors (Lipinski definition) is 3. The van der Waals surface area contributed by atoms with E-state index >= 15 is 0 Å². The third kappa shape index (κ3) is 6.73. The molecule has 1 aliphatic rings. The molecule has 0 aliphatic heterocycles. The van der Waals surface area contributed by atoms with Crippen molar-refractivity contribution in [1.29, 1.82) is 0 Å². The van der Waals surface area contributed by atoms with Gasteiger partial charge in [0.05, 0.1) is 16.7 Å². The highest BCUT2D eigenvalue weighted by atomic mass is 35.5. The maximum absolute atomic E-state index is 13.7. The summed E-state index contributed by atoms with van der Waals surface area (Å²) in [7, 11) is 0. The van der Waals surface area contributed by atoms with Crippen LogP contribution >= 0.6 is 22.9 Å². The number of carbonyl (C=O) groups is 2. The Morgan fingerprint density at radius 3 is 2.55 bits per heavy atom. The number of aryl methyl sites for hydroxylation is 1. The first-order chi connectivity index (χ1) is 17.9. The Kier molecular flexibility index (Phi) is 8.44. The minimum Gasteiger partial charge on any atom is -0.351 e. The van der Waals surface area contributed by atoms with Crippen molar-refractivity contribution in [2.45, 2.75) is 63.8 Å². The zero-order chi connectivity index (χ0) is 27.5. The molecule has 2 amide bonds. The average molecular weight is 565 g/mol. The number of halogens is 4. The summed E-state index contributed by atoms with van der Waals surface area (Å²) in [6.07, 6.45) is -2.81. The van der Waals surface area contributed by atoms with E-state index in [4.69, 9.17) is 11.6 Å². The molecule has 3 N–H and O–H groups in total. The van der Waals surface area contributed by atoms with Gasteiger partial charge < -0.3 is 16.0 Å². The summed E-state index contributed by atoms with van der Waals surface area (Å²) in [6, 6.07) is 11.3. The Hall–Kier alpha value is -2.95. The minimum atomic E-state index is -4.47. The Morgan fingerprint density at radius 1 is 1.13 bits per heavy atom. The third-order valence-electron chi connectivity index (χ3n) is 6.65. The van der Waals surface area contributed by atoms with Gasteiger partial charge in [-0.1, -0.05) is 35.4 Å². The fourth-order valence-corrected chi connectivity index (χ4v) is 5.80. The molecular weight excluding hydrogens is 537 g/mol. The average Bonchev–Trinajstić information content (AvgIpc) is 3.49. The van der Waals surface area contributed by atoms with Crippen molar-refractivity contribution in [2.24, 2.45) is 0 Å². The smallest absolute Gasteiger partial charge is 0.351 e. The summed E-state index contributed by atoms with van der Waals surface area (Å²) in [4.78, 5) is 29.7. The highest BCUT2D eigenvalue weighted by molar-refractivity contribution is 7.14. The predicted molar refractivity (Wildman–Crippen MR) is 142 cm³/mol. The standard InChI is InChI=1S/C27H28ClF3N4O2S/c1-16-9-19(11-20(10-16)27(29,30)31)14-33-24(37)26(23-15-38-25(35-23)34-17(2)36)8-7-22(12-26)32-13-18-3-5-21(28)6-4-18/h3-6,9-11,15,22,32H,7-8,12-14H2,1-2H3,(H,33,37)(H,34,35,36). The molecule has 2 unspecified atom stereocenters. The molecule has 1 aliphatic carbocycles. The van der Waals surface area contributed by atoms with Gasteiger partial charge in [0, 0.05) is 36.5 Å². The van der Waals surface area contributed by atoms with Crippen molar-refractivity contribution in [3.8, 4) is 0 Å². The molecule has 1 heterocycles. The summed E-state index contributed by atoms with van der Waals surface area (Å²) < 4.78 is 39.9. The van der Waals surface area contributed by atoms with Crippen LogP contribution in [-0.2, 0) is 34.3 Å². The number of benzene rings is 2. The van der Waals surface area contributed by atoms with Crippen LogP contribution in [0.2, 0.25) is 5.02 Å². The van der Waals surface area contributed by atoms with Crippen molar-refractivity contribution >= 4 is 39.9 Å². The lowest BCUT2D eigenvalue weighted by molar-refractivity contribution is -0.137. The summed E-state index contributed by atoms with van der Waals surface area (Å²) in [5, 5.41) is 11.8. The van der Waals surface area contributed by atoms with Crippen LogP contribution in [0.1, 0.15) is 54.1 Å². The van der Waals surface area contributed by atoms with Crippen molar-refractivity contribution in [2.75, 3.05) is 5.32 Å².